The van der Waals surface area contributed by atoms with E-state index in [1.54, 1.807) is 0 Å². The first-order valence-electron chi connectivity index (χ1n) is 4.59. The van der Waals surface area contributed by atoms with Gasteiger partial charge in [0, 0.05) is 24.4 Å². The highest BCUT2D eigenvalue weighted by atomic mass is 16.1. The summed E-state index contributed by atoms with van der Waals surface area (Å²) in [7, 11) is 0. The topological polar surface area (TPSA) is 34.0 Å². The Kier molecular flexibility index (Phi) is 1.87. The van der Waals surface area contributed by atoms with E-state index in [0.29, 0.717) is 12.5 Å². The number of rotatable bonds is 1. The molecule has 1 fully saturated rings. The molecule has 3 nitrogen and oxygen atoms in total. The van der Waals surface area contributed by atoms with E-state index in [0.717, 1.165) is 6.54 Å². The van der Waals surface area contributed by atoms with Gasteiger partial charge in [0.25, 0.3) is 0 Å². The number of carbonyl (C=O) groups is 1. The molecule has 1 aromatic heterocycles. The molecule has 70 valence electrons. The maximum atomic E-state index is 11.0. The fourth-order valence-corrected chi connectivity index (χ4v) is 2.03. The molecule has 2 heterocycles. The predicted octanol–water partition coefficient (Wildman–Crippen LogP) is 1.17. The first-order valence-corrected chi connectivity index (χ1v) is 4.59. The van der Waals surface area contributed by atoms with E-state index in [2.05, 4.69) is 35.9 Å². The Morgan fingerprint density at radius 1 is 1.38 bits per heavy atom. The molecule has 1 aliphatic rings. The maximum absolute atomic E-state index is 11.0. The van der Waals surface area contributed by atoms with Gasteiger partial charge < -0.3 is 9.88 Å². The number of aryl methyl sites for hydroxylation is 2. The van der Waals surface area contributed by atoms with Crippen LogP contribution in [-0.2, 0) is 4.79 Å². The minimum absolute atomic E-state index is 0.164. The zero-order chi connectivity index (χ0) is 9.42. The summed E-state index contributed by atoms with van der Waals surface area (Å²) >= 11 is 0. The summed E-state index contributed by atoms with van der Waals surface area (Å²) in [6.07, 6.45) is 0.621. The molecular weight excluding hydrogens is 164 g/mol. The fraction of sp³-hybridized carbons (Fsp3) is 0.500. The number of nitrogens with one attached hydrogen (secondary N) is 1. The van der Waals surface area contributed by atoms with Crippen LogP contribution in [0.2, 0.25) is 0 Å². The van der Waals surface area contributed by atoms with Crippen LogP contribution >= 0.6 is 0 Å². The van der Waals surface area contributed by atoms with E-state index < -0.39 is 0 Å². The minimum atomic E-state index is 0.164. The van der Waals surface area contributed by atoms with Crippen LogP contribution in [0.5, 0.6) is 0 Å². The van der Waals surface area contributed by atoms with Gasteiger partial charge >= 0.3 is 0 Å². The minimum Gasteiger partial charge on any atom is -0.354 e. The average molecular weight is 178 g/mol. The Morgan fingerprint density at radius 3 is 2.46 bits per heavy atom. The summed E-state index contributed by atoms with van der Waals surface area (Å²) < 4.78 is 2.23. The van der Waals surface area contributed by atoms with Gasteiger partial charge in [-0.05, 0) is 26.0 Å². The van der Waals surface area contributed by atoms with Gasteiger partial charge in [-0.25, -0.2) is 0 Å². The molecule has 1 amide bonds. The molecule has 0 aliphatic carbocycles. The molecule has 1 unspecified atom stereocenters. The highest BCUT2D eigenvalue weighted by Gasteiger charge is 2.24. The Balaban J connectivity index is 2.30. The summed E-state index contributed by atoms with van der Waals surface area (Å²) in [5.74, 6) is 0.164. The number of hydrogen-bond donors (Lipinski definition) is 1. The molecule has 0 saturated carbocycles. The van der Waals surface area contributed by atoms with Gasteiger partial charge in [0.15, 0.2) is 0 Å². The molecular formula is C10H14N2O. The lowest BCUT2D eigenvalue weighted by atomic mass is 10.2. The highest BCUT2D eigenvalue weighted by molar-refractivity contribution is 5.78. The lowest BCUT2D eigenvalue weighted by Gasteiger charge is -2.15. The van der Waals surface area contributed by atoms with Crippen molar-refractivity contribution >= 4 is 5.91 Å². The van der Waals surface area contributed by atoms with E-state index in [1.807, 2.05) is 0 Å². The van der Waals surface area contributed by atoms with Crippen molar-refractivity contribution in [3.63, 3.8) is 0 Å². The predicted molar refractivity (Wildman–Crippen MR) is 50.6 cm³/mol. The van der Waals surface area contributed by atoms with E-state index in [9.17, 15) is 4.79 Å². The number of carbonyl (C=O) groups excluding carboxylic acids is 1. The second-order valence-corrected chi connectivity index (χ2v) is 3.65. The summed E-state index contributed by atoms with van der Waals surface area (Å²) in [4.78, 5) is 11.0. The van der Waals surface area contributed by atoms with Crippen LogP contribution in [-0.4, -0.2) is 17.0 Å². The van der Waals surface area contributed by atoms with Crippen LogP contribution in [0.15, 0.2) is 12.1 Å². The molecule has 0 bridgehead atoms. The number of hydrogen-bond acceptors (Lipinski definition) is 1. The van der Waals surface area contributed by atoms with Crippen molar-refractivity contribution < 1.29 is 4.79 Å². The van der Waals surface area contributed by atoms with Gasteiger partial charge in [-0.15, -0.1) is 0 Å². The molecule has 3 heteroatoms. The summed E-state index contributed by atoms with van der Waals surface area (Å²) in [5, 5.41) is 2.85. The van der Waals surface area contributed by atoms with Crippen molar-refractivity contribution in [2.75, 3.05) is 6.54 Å². The van der Waals surface area contributed by atoms with Crippen LogP contribution < -0.4 is 5.32 Å². The Hall–Kier alpha value is -1.25. The summed E-state index contributed by atoms with van der Waals surface area (Å²) in [6.45, 7) is 4.93. The third-order valence-corrected chi connectivity index (χ3v) is 2.65. The van der Waals surface area contributed by atoms with Crippen molar-refractivity contribution in [3.05, 3.63) is 23.5 Å². The van der Waals surface area contributed by atoms with Crippen LogP contribution in [0.1, 0.15) is 23.9 Å². The van der Waals surface area contributed by atoms with Crippen LogP contribution in [0.4, 0.5) is 0 Å². The van der Waals surface area contributed by atoms with Crippen molar-refractivity contribution in [1.82, 2.24) is 9.88 Å². The third-order valence-electron chi connectivity index (χ3n) is 2.65. The normalized spacial score (nSPS) is 22.0. The Bertz CT molecular complexity index is 321. The second kappa shape index (κ2) is 2.91. The SMILES string of the molecule is Cc1ccc(C)n1C1CNC(=O)C1. The largest absolute Gasteiger partial charge is 0.354 e. The number of amides is 1. The third kappa shape index (κ3) is 1.34. The molecule has 13 heavy (non-hydrogen) atoms. The summed E-state index contributed by atoms with van der Waals surface area (Å²) in [6, 6.07) is 4.51. The number of nitrogens with zero attached hydrogens (tertiary/aromatic N) is 1. The van der Waals surface area contributed by atoms with E-state index in [-0.39, 0.29) is 5.91 Å². The van der Waals surface area contributed by atoms with E-state index in [1.165, 1.54) is 11.4 Å². The van der Waals surface area contributed by atoms with E-state index in [4.69, 9.17) is 0 Å². The van der Waals surface area contributed by atoms with Crippen LogP contribution in [0.3, 0.4) is 0 Å². The summed E-state index contributed by atoms with van der Waals surface area (Å²) in [5.41, 5.74) is 2.47. The van der Waals surface area contributed by atoms with E-state index >= 15 is 0 Å². The van der Waals surface area contributed by atoms with Crippen molar-refractivity contribution in [3.8, 4) is 0 Å². The molecule has 1 aromatic rings. The molecule has 2 rings (SSSR count). The zero-order valence-corrected chi connectivity index (χ0v) is 8.00. The maximum Gasteiger partial charge on any atom is 0.222 e. The number of aromatic nitrogens is 1. The van der Waals surface area contributed by atoms with Crippen molar-refractivity contribution in [2.45, 2.75) is 26.3 Å². The molecule has 0 aromatic carbocycles. The first-order chi connectivity index (χ1) is 6.18. The molecule has 1 saturated heterocycles. The zero-order valence-electron chi connectivity index (χ0n) is 8.00. The van der Waals surface area contributed by atoms with Crippen molar-refractivity contribution in [2.24, 2.45) is 0 Å². The smallest absolute Gasteiger partial charge is 0.222 e. The molecule has 1 aliphatic heterocycles. The lowest BCUT2D eigenvalue weighted by molar-refractivity contribution is -0.119. The standard InChI is InChI=1S/C10H14N2O/c1-7-3-4-8(2)12(7)9-5-10(13)11-6-9/h3-4,9H,5-6H2,1-2H3,(H,11,13). The lowest BCUT2D eigenvalue weighted by Crippen LogP contribution is -2.16. The molecule has 0 radical (unpaired) electrons. The quantitative estimate of drug-likeness (QED) is 0.688. The first kappa shape index (κ1) is 8.35. The highest BCUT2D eigenvalue weighted by Crippen LogP contribution is 2.21. The molecule has 0 spiro atoms. The second-order valence-electron chi connectivity index (χ2n) is 3.65. The van der Waals surface area contributed by atoms with Gasteiger partial charge in [-0.3, -0.25) is 4.79 Å². The van der Waals surface area contributed by atoms with Gasteiger partial charge in [-0.2, -0.15) is 0 Å². The average Bonchev–Trinajstić information content (AvgIpc) is 2.60. The Morgan fingerprint density at radius 2 is 2.00 bits per heavy atom. The molecule has 1 N–H and O–H groups in total. The van der Waals surface area contributed by atoms with Crippen LogP contribution in [0.25, 0.3) is 0 Å². The molecule has 1 atom stereocenters. The Labute approximate surface area is 77.7 Å². The van der Waals surface area contributed by atoms with Gasteiger partial charge in [0.1, 0.15) is 0 Å². The monoisotopic (exact) mass is 178 g/mol. The van der Waals surface area contributed by atoms with Gasteiger partial charge in [-0.1, -0.05) is 0 Å². The van der Waals surface area contributed by atoms with Crippen LogP contribution in [0, 0.1) is 13.8 Å². The fourth-order valence-electron chi connectivity index (χ4n) is 2.03. The van der Waals surface area contributed by atoms with Crippen molar-refractivity contribution in [1.29, 1.82) is 0 Å². The van der Waals surface area contributed by atoms with Gasteiger partial charge in [0.2, 0.25) is 5.91 Å². The van der Waals surface area contributed by atoms with Gasteiger partial charge in [0.05, 0.1) is 6.04 Å².